The van der Waals surface area contributed by atoms with Crippen LogP contribution in [0.25, 0.3) is 0 Å². The van der Waals surface area contributed by atoms with Crippen LogP contribution >= 0.6 is 0 Å². The van der Waals surface area contributed by atoms with E-state index in [-0.39, 0.29) is 30.0 Å². The van der Waals surface area contributed by atoms with Crippen molar-refractivity contribution in [2.45, 2.75) is 52.1 Å². The number of anilines is 1. The fourth-order valence-corrected chi connectivity index (χ4v) is 3.46. The maximum Gasteiger partial charge on any atom is 0.291 e. The number of benzene rings is 1. The minimum absolute atomic E-state index is 0.173. The largest absolute Gasteiger partial charge is 0.454 e. The maximum atomic E-state index is 12.9. The van der Waals surface area contributed by atoms with Gasteiger partial charge in [-0.3, -0.25) is 9.59 Å². The predicted molar refractivity (Wildman–Crippen MR) is 103 cm³/mol. The van der Waals surface area contributed by atoms with E-state index >= 15 is 0 Å². The standard InChI is InChI=1S/C20H24N4O4/c1-20(2,3)23-18(25)16-13-6-4-5-9-24(13)17(22-16)19(26)21-12-7-8-14-15(10-12)28-11-27-14/h7-8,10H,4-6,9,11H2,1-3H3,(H,21,26)(H,23,25). The number of hydrogen-bond donors (Lipinski definition) is 2. The molecule has 8 nitrogen and oxygen atoms in total. The van der Waals surface area contributed by atoms with E-state index in [1.165, 1.54) is 0 Å². The molecule has 0 aliphatic carbocycles. The van der Waals surface area contributed by atoms with Gasteiger partial charge in [0.2, 0.25) is 6.79 Å². The molecule has 0 spiro atoms. The van der Waals surface area contributed by atoms with E-state index in [1.807, 2.05) is 25.3 Å². The Kier molecular flexibility index (Phi) is 4.49. The molecule has 0 atom stereocenters. The number of imidazole rings is 1. The third kappa shape index (κ3) is 3.54. The second-order valence-corrected chi connectivity index (χ2v) is 8.07. The van der Waals surface area contributed by atoms with Crippen LogP contribution in [0.4, 0.5) is 5.69 Å². The Morgan fingerprint density at radius 1 is 1.11 bits per heavy atom. The summed E-state index contributed by atoms with van der Waals surface area (Å²) in [6.45, 7) is 6.60. The summed E-state index contributed by atoms with van der Waals surface area (Å²) in [7, 11) is 0. The van der Waals surface area contributed by atoms with E-state index < -0.39 is 0 Å². The van der Waals surface area contributed by atoms with Gasteiger partial charge in [-0.15, -0.1) is 0 Å². The fourth-order valence-electron chi connectivity index (χ4n) is 3.46. The van der Waals surface area contributed by atoms with E-state index in [0.717, 1.165) is 25.0 Å². The van der Waals surface area contributed by atoms with Crippen molar-refractivity contribution in [3.63, 3.8) is 0 Å². The summed E-state index contributed by atoms with van der Waals surface area (Å²) in [6, 6.07) is 5.22. The van der Waals surface area contributed by atoms with E-state index in [0.29, 0.717) is 29.4 Å². The van der Waals surface area contributed by atoms with Crippen LogP contribution < -0.4 is 20.1 Å². The summed E-state index contributed by atoms with van der Waals surface area (Å²) >= 11 is 0. The molecule has 2 amide bonds. The van der Waals surface area contributed by atoms with E-state index in [1.54, 1.807) is 18.2 Å². The summed E-state index contributed by atoms with van der Waals surface area (Å²) in [5.41, 5.74) is 1.37. The van der Waals surface area contributed by atoms with Gasteiger partial charge < -0.3 is 24.7 Å². The molecule has 0 bridgehead atoms. The number of amides is 2. The molecule has 3 heterocycles. The lowest BCUT2D eigenvalue weighted by Gasteiger charge is -2.21. The maximum absolute atomic E-state index is 12.9. The van der Waals surface area contributed by atoms with Gasteiger partial charge in [-0.1, -0.05) is 0 Å². The smallest absolute Gasteiger partial charge is 0.291 e. The molecule has 4 rings (SSSR count). The minimum atomic E-state index is -0.378. The highest BCUT2D eigenvalue weighted by Crippen LogP contribution is 2.34. The van der Waals surface area contributed by atoms with Gasteiger partial charge in [-0.05, 0) is 52.2 Å². The van der Waals surface area contributed by atoms with Crippen LogP contribution in [0, 0.1) is 0 Å². The Bertz CT molecular complexity index is 942. The predicted octanol–water partition coefficient (Wildman–Crippen LogP) is 2.73. The first kappa shape index (κ1) is 18.3. The van der Waals surface area contributed by atoms with Gasteiger partial charge in [-0.2, -0.15) is 0 Å². The van der Waals surface area contributed by atoms with Gasteiger partial charge in [0, 0.05) is 23.8 Å². The van der Waals surface area contributed by atoms with Crippen molar-refractivity contribution < 1.29 is 19.1 Å². The van der Waals surface area contributed by atoms with E-state index in [4.69, 9.17) is 9.47 Å². The number of fused-ring (bicyclic) bond motifs is 2. The summed E-state index contributed by atoms with van der Waals surface area (Å²) in [6.07, 6.45) is 2.66. The van der Waals surface area contributed by atoms with Crippen LogP contribution in [-0.4, -0.2) is 33.7 Å². The van der Waals surface area contributed by atoms with Crippen molar-refractivity contribution in [1.29, 1.82) is 0 Å². The molecular formula is C20H24N4O4. The van der Waals surface area contributed by atoms with Gasteiger partial charge in [0.25, 0.3) is 11.8 Å². The molecule has 0 saturated carbocycles. The van der Waals surface area contributed by atoms with Gasteiger partial charge in [0.15, 0.2) is 17.3 Å². The van der Waals surface area contributed by atoms with Crippen LogP contribution in [-0.2, 0) is 13.0 Å². The molecule has 1 aromatic heterocycles. The molecule has 2 N–H and O–H groups in total. The fraction of sp³-hybridized carbons (Fsp3) is 0.450. The number of ether oxygens (including phenoxy) is 2. The average molecular weight is 384 g/mol. The zero-order valence-electron chi connectivity index (χ0n) is 16.3. The molecular weight excluding hydrogens is 360 g/mol. The number of aromatic nitrogens is 2. The summed E-state index contributed by atoms with van der Waals surface area (Å²) in [4.78, 5) is 30.0. The highest BCUT2D eigenvalue weighted by Gasteiger charge is 2.29. The van der Waals surface area contributed by atoms with Crippen molar-refractivity contribution in [2.75, 3.05) is 12.1 Å². The molecule has 148 valence electrons. The highest BCUT2D eigenvalue weighted by molar-refractivity contribution is 6.04. The third-order valence-electron chi connectivity index (χ3n) is 4.65. The van der Waals surface area contributed by atoms with Crippen molar-refractivity contribution >= 4 is 17.5 Å². The van der Waals surface area contributed by atoms with Crippen LogP contribution in [0.5, 0.6) is 11.5 Å². The molecule has 2 aliphatic heterocycles. The van der Waals surface area contributed by atoms with E-state index in [9.17, 15) is 9.59 Å². The minimum Gasteiger partial charge on any atom is -0.454 e. The highest BCUT2D eigenvalue weighted by atomic mass is 16.7. The number of rotatable bonds is 3. The number of carbonyl (C=O) groups is 2. The Morgan fingerprint density at radius 3 is 2.68 bits per heavy atom. The van der Waals surface area contributed by atoms with Crippen molar-refractivity contribution in [2.24, 2.45) is 0 Å². The monoisotopic (exact) mass is 384 g/mol. The van der Waals surface area contributed by atoms with Gasteiger partial charge in [-0.25, -0.2) is 4.98 Å². The topological polar surface area (TPSA) is 94.5 Å². The number of hydrogen-bond acceptors (Lipinski definition) is 5. The molecule has 0 fully saturated rings. The molecule has 0 unspecified atom stereocenters. The van der Waals surface area contributed by atoms with Crippen molar-refractivity contribution in [1.82, 2.24) is 14.9 Å². The van der Waals surface area contributed by atoms with Crippen molar-refractivity contribution in [3.05, 3.63) is 35.4 Å². The zero-order valence-corrected chi connectivity index (χ0v) is 16.3. The van der Waals surface area contributed by atoms with Crippen LogP contribution in [0.1, 0.15) is 60.4 Å². The van der Waals surface area contributed by atoms with Gasteiger partial charge >= 0.3 is 0 Å². The van der Waals surface area contributed by atoms with Crippen LogP contribution in [0.3, 0.4) is 0 Å². The molecule has 1 aromatic carbocycles. The average Bonchev–Trinajstić information content (AvgIpc) is 3.24. The normalized spacial score (nSPS) is 15.1. The third-order valence-corrected chi connectivity index (χ3v) is 4.65. The summed E-state index contributed by atoms with van der Waals surface area (Å²) in [5, 5.41) is 5.79. The number of nitrogens with zero attached hydrogens (tertiary/aromatic N) is 2. The number of carbonyl (C=O) groups excluding carboxylic acids is 2. The zero-order chi connectivity index (χ0) is 19.9. The Labute approximate surface area is 163 Å². The summed E-state index contributed by atoms with van der Waals surface area (Å²) in [5.74, 6) is 0.897. The first-order valence-corrected chi connectivity index (χ1v) is 9.45. The molecule has 28 heavy (non-hydrogen) atoms. The van der Waals surface area contributed by atoms with Crippen LogP contribution in [0.15, 0.2) is 18.2 Å². The molecule has 8 heteroatoms. The Balaban J connectivity index is 1.62. The molecule has 0 saturated heterocycles. The number of nitrogens with one attached hydrogen (secondary N) is 2. The Morgan fingerprint density at radius 2 is 1.89 bits per heavy atom. The molecule has 0 radical (unpaired) electrons. The molecule has 2 aromatic rings. The lowest BCUT2D eigenvalue weighted by atomic mass is 10.1. The Hall–Kier alpha value is -3.03. The lowest BCUT2D eigenvalue weighted by Crippen LogP contribution is -2.41. The molecule has 2 aliphatic rings. The van der Waals surface area contributed by atoms with Crippen LogP contribution in [0.2, 0.25) is 0 Å². The van der Waals surface area contributed by atoms with E-state index in [2.05, 4.69) is 15.6 Å². The second kappa shape index (κ2) is 6.85. The van der Waals surface area contributed by atoms with Gasteiger partial charge in [0.05, 0.1) is 5.69 Å². The van der Waals surface area contributed by atoms with Crippen molar-refractivity contribution in [3.8, 4) is 11.5 Å². The summed E-state index contributed by atoms with van der Waals surface area (Å²) < 4.78 is 12.5. The second-order valence-electron chi connectivity index (χ2n) is 8.07. The first-order valence-electron chi connectivity index (χ1n) is 9.45. The SMILES string of the molecule is CC(C)(C)NC(=O)c1nc(C(=O)Nc2ccc3c(c2)OCO3)n2c1CCCC2. The quantitative estimate of drug-likeness (QED) is 0.849. The van der Waals surface area contributed by atoms with Gasteiger partial charge in [0.1, 0.15) is 5.69 Å². The first-order chi connectivity index (χ1) is 13.3. The lowest BCUT2D eigenvalue weighted by molar-refractivity contribution is 0.0913.